The second kappa shape index (κ2) is 5.92. The van der Waals surface area contributed by atoms with Crippen LogP contribution in [0.15, 0.2) is 60.7 Å². The number of hydrogen-bond donors (Lipinski definition) is 1. The van der Waals surface area contributed by atoms with Gasteiger partial charge >= 0.3 is 0 Å². The highest BCUT2D eigenvalue weighted by Gasteiger charge is 2.28. The van der Waals surface area contributed by atoms with E-state index in [0.29, 0.717) is 11.7 Å². The molecule has 5 heteroatoms. The van der Waals surface area contributed by atoms with E-state index < -0.39 is 11.7 Å². The Labute approximate surface area is 138 Å². The molecule has 4 nitrogen and oxygen atoms in total. The smallest absolute Gasteiger partial charge is 0.259 e. The summed E-state index contributed by atoms with van der Waals surface area (Å²) >= 11 is 0. The van der Waals surface area contributed by atoms with Gasteiger partial charge in [0.15, 0.2) is 0 Å². The molecule has 120 valence electrons. The highest BCUT2D eigenvalue weighted by molar-refractivity contribution is 6.04. The number of aromatic nitrogens is 2. The van der Waals surface area contributed by atoms with Gasteiger partial charge in [-0.25, -0.2) is 9.07 Å². The molecular formula is C19H16FN3O. The molecule has 0 saturated heterocycles. The molecule has 1 fully saturated rings. The van der Waals surface area contributed by atoms with Gasteiger partial charge in [0.2, 0.25) is 0 Å². The summed E-state index contributed by atoms with van der Waals surface area (Å²) in [5.74, 6) is -0.00819. The van der Waals surface area contributed by atoms with Crippen molar-refractivity contribution >= 4 is 11.7 Å². The molecule has 1 amide bonds. The fourth-order valence-corrected chi connectivity index (χ4v) is 2.66. The fourth-order valence-electron chi connectivity index (χ4n) is 2.66. The van der Waals surface area contributed by atoms with Crippen LogP contribution in [0.4, 0.5) is 10.2 Å². The van der Waals surface area contributed by atoms with Crippen LogP contribution in [0.5, 0.6) is 0 Å². The lowest BCUT2D eigenvalue weighted by Crippen LogP contribution is -2.16. The van der Waals surface area contributed by atoms with Gasteiger partial charge in [-0.2, -0.15) is 5.10 Å². The molecular weight excluding hydrogens is 305 g/mol. The van der Waals surface area contributed by atoms with Gasteiger partial charge < -0.3 is 5.32 Å². The maximum Gasteiger partial charge on any atom is 0.259 e. The standard InChI is InChI=1S/C19H16FN3O/c20-16-9-5-4-8-15(16)19(24)21-18-12-17(13-10-11-13)22-23(18)14-6-2-1-3-7-14/h1-9,12-13H,10-11H2,(H,21,24). The maximum absolute atomic E-state index is 13.8. The molecule has 0 atom stereocenters. The molecule has 1 aliphatic carbocycles. The number of carbonyl (C=O) groups is 1. The molecule has 1 N–H and O–H groups in total. The Balaban J connectivity index is 1.69. The number of rotatable bonds is 4. The number of halogens is 1. The molecule has 0 spiro atoms. The van der Waals surface area contributed by atoms with Crippen LogP contribution in [-0.4, -0.2) is 15.7 Å². The molecule has 4 rings (SSSR count). The maximum atomic E-state index is 13.8. The van der Waals surface area contributed by atoms with Gasteiger partial charge in [0.25, 0.3) is 5.91 Å². The van der Waals surface area contributed by atoms with E-state index in [0.717, 1.165) is 24.2 Å². The molecule has 3 aromatic rings. The normalized spacial score (nSPS) is 13.7. The van der Waals surface area contributed by atoms with Gasteiger partial charge in [-0.3, -0.25) is 4.79 Å². The molecule has 1 aromatic heterocycles. The van der Waals surface area contributed by atoms with Gasteiger partial charge in [0, 0.05) is 12.0 Å². The van der Waals surface area contributed by atoms with Crippen molar-refractivity contribution in [2.45, 2.75) is 18.8 Å². The molecule has 24 heavy (non-hydrogen) atoms. The number of carbonyl (C=O) groups excluding carboxylic acids is 1. The molecule has 0 bridgehead atoms. The van der Waals surface area contributed by atoms with Crippen molar-refractivity contribution in [1.29, 1.82) is 0 Å². The summed E-state index contributed by atoms with van der Waals surface area (Å²) in [6, 6.07) is 17.4. The van der Waals surface area contributed by atoms with E-state index in [1.807, 2.05) is 36.4 Å². The number of hydrogen-bond acceptors (Lipinski definition) is 2. The van der Waals surface area contributed by atoms with E-state index in [1.54, 1.807) is 16.8 Å². The van der Waals surface area contributed by atoms with Crippen molar-refractivity contribution in [3.05, 3.63) is 77.7 Å². The molecule has 0 aliphatic heterocycles. The highest BCUT2D eigenvalue weighted by Crippen LogP contribution is 2.40. The summed E-state index contributed by atoms with van der Waals surface area (Å²) in [5.41, 5.74) is 1.84. The van der Waals surface area contributed by atoms with E-state index in [-0.39, 0.29) is 5.56 Å². The SMILES string of the molecule is O=C(Nc1cc(C2CC2)nn1-c1ccccc1)c1ccccc1F. The lowest BCUT2D eigenvalue weighted by molar-refractivity contribution is 0.102. The zero-order valence-corrected chi connectivity index (χ0v) is 12.9. The van der Waals surface area contributed by atoms with Crippen LogP contribution in [0.25, 0.3) is 5.69 Å². The monoisotopic (exact) mass is 321 g/mol. The van der Waals surface area contributed by atoms with Crippen molar-refractivity contribution in [2.24, 2.45) is 0 Å². The van der Waals surface area contributed by atoms with Crippen LogP contribution >= 0.6 is 0 Å². The van der Waals surface area contributed by atoms with Gasteiger partial charge in [-0.1, -0.05) is 30.3 Å². The number of anilines is 1. The molecule has 2 aromatic carbocycles. The van der Waals surface area contributed by atoms with E-state index in [2.05, 4.69) is 10.4 Å². The summed E-state index contributed by atoms with van der Waals surface area (Å²) in [6.07, 6.45) is 2.24. The Morgan fingerprint density at radius 1 is 1.08 bits per heavy atom. The minimum absolute atomic E-state index is 0.0197. The first kappa shape index (κ1) is 14.6. The second-order valence-electron chi connectivity index (χ2n) is 5.91. The molecule has 1 heterocycles. The molecule has 0 radical (unpaired) electrons. The zero-order valence-electron chi connectivity index (χ0n) is 12.9. The minimum Gasteiger partial charge on any atom is -0.306 e. The third-order valence-electron chi connectivity index (χ3n) is 4.08. The average molecular weight is 321 g/mol. The largest absolute Gasteiger partial charge is 0.306 e. The summed E-state index contributed by atoms with van der Waals surface area (Å²) in [5, 5.41) is 7.41. The predicted molar refractivity (Wildman–Crippen MR) is 89.9 cm³/mol. The van der Waals surface area contributed by atoms with Crippen molar-refractivity contribution in [3.8, 4) is 5.69 Å². The highest BCUT2D eigenvalue weighted by atomic mass is 19.1. The van der Waals surface area contributed by atoms with Gasteiger partial charge in [0.05, 0.1) is 16.9 Å². The molecule has 1 aliphatic rings. The van der Waals surface area contributed by atoms with E-state index >= 15 is 0 Å². The average Bonchev–Trinajstić information content (AvgIpc) is 3.37. The first-order valence-corrected chi connectivity index (χ1v) is 7.93. The molecule has 0 unspecified atom stereocenters. The van der Waals surface area contributed by atoms with Gasteiger partial charge in [0.1, 0.15) is 11.6 Å². The third-order valence-corrected chi connectivity index (χ3v) is 4.08. The van der Waals surface area contributed by atoms with E-state index in [1.165, 1.54) is 12.1 Å². The van der Waals surface area contributed by atoms with Crippen molar-refractivity contribution in [2.75, 3.05) is 5.32 Å². The topological polar surface area (TPSA) is 46.9 Å². The van der Waals surface area contributed by atoms with Crippen LogP contribution in [0.2, 0.25) is 0 Å². The molecule has 1 saturated carbocycles. The predicted octanol–water partition coefficient (Wildman–Crippen LogP) is 4.14. The first-order valence-electron chi connectivity index (χ1n) is 7.93. The summed E-state index contributed by atoms with van der Waals surface area (Å²) in [7, 11) is 0. The number of nitrogens with zero attached hydrogens (tertiary/aromatic N) is 2. The zero-order chi connectivity index (χ0) is 16.5. The summed E-state index contributed by atoms with van der Waals surface area (Å²) in [6.45, 7) is 0. The van der Waals surface area contributed by atoms with Crippen molar-refractivity contribution in [1.82, 2.24) is 9.78 Å². The Morgan fingerprint density at radius 2 is 1.79 bits per heavy atom. The quantitative estimate of drug-likeness (QED) is 0.785. The van der Waals surface area contributed by atoms with E-state index in [9.17, 15) is 9.18 Å². The minimum atomic E-state index is -0.539. The van der Waals surface area contributed by atoms with Crippen LogP contribution in [0.1, 0.15) is 34.8 Å². The van der Waals surface area contributed by atoms with Crippen molar-refractivity contribution in [3.63, 3.8) is 0 Å². The van der Waals surface area contributed by atoms with Gasteiger partial charge in [-0.15, -0.1) is 0 Å². The Kier molecular flexibility index (Phi) is 3.61. The van der Waals surface area contributed by atoms with Crippen LogP contribution in [0, 0.1) is 5.82 Å². The van der Waals surface area contributed by atoms with Crippen LogP contribution in [0.3, 0.4) is 0 Å². The lowest BCUT2D eigenvalue weighted by atomic mass is 10.2. The number of para-hydroxylation sites is 1. The van der Waals surface area contributed by atoms with Crippen LogP contribution < -0.4 is 5.32 Å². The number of nitrogens with one attached hydrogen (secondary N) is 1. The number of benzene rings is 2. The summed E-state index contributed by atoms with van der Waals surface area (Å²) in [4.78, 5) is 12.4. The Morgan fingerprint density at radius 3 is 2.50 bits per heavy atom. The fraction of sp³-hybridized carbons (Fsp3) is 0.158. The third kappa shape index (κ3) is 2.80. The Hall–Kier alpha value is -2.95. The lowest BCUT2D eigenvalue weighted by Gasteiger charge is -2.09. The van der Waals surface area contributed by atoms with E-state index in [4.69, 9.17) is 0 Å². The van der Waals surface area contributed by atoms with Crippen LogP contribution in [-0.2, 0) is 0 Å². The second-order valence-corrected chi connectivity index (χ2v) is 5.91. The number of amides is 1. The van der Waals surface area contributed by atoms with Gasteiger partial charge in [-0.05, 0) is 37.1 Å². The van der Waals surface area contributed by atoms with Crippen molar-refractivity contribution < 1.29 is 9.18 Å². The first-order chi connectivity index (χ1) is 11.7. The Bertz CT molecular complexity index is 885. The summed E-state index contributed by atoms with van der Waals surface area (Å²) < 4.78 is 15.5.